The molecule has 1 heterocycles. The van der Waals surface area contributed by atoms with Gasteiger partial charge in [-0.25, -0.2) is 0 Å². The summed E-state index contributed by atoms with van der Waals surface area (Å²) < 4.78 is 5.80. The SMILES string of the molecule is CCCN1CCN(C(CN)c2ccccc2OCC)CC1C. The van der Waals surface area contributed by atoms with Crippen molar-refractivity contribution in [2.45, 2.75) is 39.3 Å². The molecule has 0 bridgehead atoms. The van der Waals surface area contributed by atoms with Gasteiger partial charge < -0.3 is 10.5 Å². The highest BCUT2D eigenvalue weighted by atomic mass is 16.5. The molecule has 2 atom stereocenters. The first-order chi connectivity index (χ1) is 10.7. The van der Waals surface area contributed by atoms with Crippen molar-refractivity contribution in [2.75, 3.05) is 39.3 Å². The van der Waals surface area contributed by atoms with Crippen molar-refractivity contribution in [1.82, 2.24) is 9.80 Å². The number of para-hydroxylation sites is 1. The van der Waals surface area contributed by atoms with E-state index >= 15 is 0 Å². The Kier molecular flexibility index (Phi) is 6.68. The van der Waals surface area contributed by atoms with Gasteiger partial charge in [-0.1, -0.05) is 25.1 Å². The topological polar surface area (TPSA) is 41.7 Å². The Bertz CT molecular complexity index is 452. The van der Waals surface area contributed by atoms with Crippen molar-refractivity contribution in [1.29, 1.82) is 0 Å². The summed E-state index contributed by atoms with van der Waals surface area (Å²) in [6.45, 7) is 12.4. The van der Waals surface area contributed by atoms with E-state index in [2.05, 4.69) is 41.8 Å². The predicted octanol–water partition coefficient (Wildman–Crippen LogP) is 2.50. The van der Waals surface area contributed by atoms with Gasteiger partial charge in [-0.3, -0.25) is 9.80 Å². The Morgan fingerprint density at radius 2 is 2.05 bits per heavy atom. The van der Waals surface area contributed by atoms with Crippen LogP contribution in [0.25, 0.3) is 0 Å². The van der Waals surface area contributed by atoms with Crippen LogP contribution in [0, 0.1) is 0 Å². The second-order valence-electron chi connectivity index (χ2n) is 6.10. The molecule has 0 aromatic heterocycles. The highest BCUT2D eigenvalue weighted by molar-refractivity contribution is 5.36. The number of nitrogens with two attached hydrogens (primary N) is 1. The van der Waals surface area contributed by atoms with Crippen LogP contribution in [0.4, 0.5) is 0 Å². The summed E-state index contributed by atoms with van der Waals surface area (Å²) in [5, 5.41) is 0. The van der Waals surface area contributed by atoms with Gasteiger partial charge in [0.05, 0.1) is 12.6 Å². The van der Waals surface area contributed by atoms with Crippen molar-refractivity contribution in [3.63, 3.8) is 0 Å². The lowest BCUT2D eigenvalue weighted by Gasteiger charge is -2.43. The van der Waals surface area contributed by atoms with Gasteiger partial charge in [0.2, 0.25) is 0 Å². The summed E-state index contributed by atoms with van der Waals surface area (Å²) in [7, 11) is 0. The lowest BCUT2D eigenvalue weighted by atomic mass is 10.0. The first kappa shape index (κ1) is 17.3. The van der Waals surface area contributed by atoms with Crippen LogP contribution in [0.3, 0.4) is 0 Å². The monoisotopic (exact) mass is 305 g/mol. The van der Waals surface area contributed by atoms with Crippen molar-refractivity contribution in [3.8, 4) is 5.75 Å². The minimum atomic E-state index is 0.244. The largest absolute Gasteiger partial charge is 0.494 e. The molecular formula is C18H31N3O. The minimum absolute atomic E-state index is 0.244. The maximum Gasteiger partial charge on any atom is 0.124 e. The number of rotatable bonds is 7. The standard InChI is InChI=1S/C18H31N3O/c1-4-10-20-11-12-21(14-15(20)3)17(13-19)16-8-6-7-9-18(16)22-5-2/h6-9,15,17H,4-5,10-14,19H2,1-3H3. The maximum absolute atomic E-state index is 6.13. The Morgan fingerprint density at radius 1 is 1.27 bits per heavy atom. The quantitative estimate of drug-likeness (QED) is 0.840. The molecule has 1 saturated heterocycles. The van der Waals surface area contributed by atoms with Gasteiger partial charge >= 0.3 is 0 Å². The van der Waals surface area contributed by atoms with Gasteiger partial charge in [0.25, 0.3) is 0 Å². The fourth-order valence-electron chi connectivity index (χ4n) is 3.44. The van der Waals surface area contributed by atoms with Crippen LogP contribution in [0.2, 0.25) is 0 Å². The number of benzene rings is 1. The van der Waals surface area contributed by atoms with Crippen molar-refractivity contribution < 1.29 is 4.74 Å². The molecule has 0 aliphatic carbocycles. The highest BCUT2D eigenvalue weighted by Crippen LogP contribution is 2.30. The molecule has 1 aromatic rings. The van der Waals surface area contributed by atoms with Crippen LogP contribution in [-0.2, 0) is 0 Å². The van der Waals surface area contributed by atoms with Gasteiger partial charge in [-0.15, -0.1) is 0 Å². The zero-order valence-electron chi connectivity index (χ0n) is 14.3. The summed E-state index contributed by atoms with van der Waals surface area (Å²) in [5.41, 5.74) is 7.35. The van der Waals surface area contributed by atoms with E-state index < -0.39 is 0 Å². The number of hydrogen-bond acceptors (Lipinski definition) is 4. The molecule has 2 rings (SSSR count). The molecule has 1 fully saturated rings. The third-order valence-electron chi connectivity index (χ3n) is 4.55. The Labute approximate surface area is 135 Å². The number of ether oxygens (including phenoxy) is 1. The summed E-state index contributed by atoms with van der Waals surface area (Å²) in [5.74, 6) is 0.976. The molecule has 22 heavy (non-hydrogen) atoms. The van der Waals surface area contributed by atoms with Crippen LogP contribution in [0.1, 0.15) is 38.8 Å². The van der Waals surface area contributed by atoms with E-state index in [0.717, 1.165) is 25.4 Å². The number of piperazine rings is 1. The van der Waals surface area contributed by atoms with Crippen LogP contribution >= 0.6 is 0 Å². The van der Waals surface area contributed by atoms with Gasteiger partial charge in [-0.05, 0) is 32.9 Å². The van der Waals surface area contributed by atoms with Crippen molar-refractivity contribution in [2.24, 2.45) is 5.73 Å². The van der Waals surface area contributed by atoms with E-state index in [1.54, 1.807) is 0 Å². The molecule has 1 aliphatic heterocycles. The van der Waals surface area contributed by atoms with Crippen LogP contribution < -0.4 is 10.5 Å². The van der Waals surface area contributed by atoms with Crippen LogP contribution in [-0.4, -0.2) is 55.2 Å². The molecular weight excluding hydrogens is 274 g/mol. The average molecular weight is 305 g/mol. The van der Waals surface area contributed by atoms with Gasteiger partial charge in [-0.2, -0.15) is 0 Å². The zero-order chi connectivity index (χ0) is 15.9. The molecule has 0 radical (unpaired) electrons. The van der Waals surface area contributed by atoms with Crippen LogP contribution in [0.5, 0.6) is 5.75 Å². The zero-order valence-corrected chi connectivity index (χ0v) is 14.3. The minimum Gasteiger partial charge on any atom is -0.494 e. The maximum atomic E-state index is 6.13. The van der Waals surface area contributed by atoms with E-state index in [1.807, 2.05) is 13.0 Å². The van der Waals surface area contributed by atoms with E-state index in [9.17, 15) is 0 Å². The molecule has 124 valence electrons. The normalized spacial score (nSPS) is 21.7. The molecule has 4 heteroatoms. The lowest BCUT2D eigenvalue weighted by molar-refractivity contribution is 0.0563. The first-order valence-electron chi connectivity index (χ1n) is 8.61. The van der Waals surface area contributed by atoms with Gasteiger partial charge in [0, 0.05) is 37.8 Å². The Morgan fingerprint density at radius 3 is 2.68 bits per heavy atom. The summed E-state index contributed by atoms with van der Waals surface area (Å²) >= 11 is 0. The second-order valence-corrected chi connectivity index (χ2v) is 6.10. The van der Waals surface area contributed by atoms with Crippen molar-refractivity contribution >= 4 is 0 Å². The average Bonchev–Trinajstić information content (AvgIpc) is 2.53. The third kappa shape index (κ3) is 4.00. The molecule has 0 spiro atoms. The molecule has 1 aromatic carbocycles. The molecule has 0 saturated carbocycles. The van der Waals surface area contributed by atoms with E-state index in [0.29, 0.717) is 19.2 Å². The molecule has 2 unspecified atom stereocenters. The fraction of sp³-hybridized carbons (Fsp3) is 0.667. The summed E-state index contributed by atoms with van der Waals surface area (Å²) in [6.07, 6.45) is 1.22. The van der Waals surface area contributed by atoms with Crippen molar-refractivity contribution in [3.05, 3.63) is 29.8 Å². The predicted molar refractivity (Wildman–Crippen MR) is 92.3 cm³/mol. The number of hydrogen-bond donors (Lipinski definition) is 1. The Hall–Kier alpha value is -1.10. The highest BCUT2D eigenvalue weighted by Gasteiger charge is 2.29. The molecule has 1 aliphatic rings. The molecule has 4 nitrogen and oxygen atoms in total. The van der Waals surface area contributed by atoms with E-state index in [1.165, 1.54) is 18.5 Å². The van der Waals surface area contributed by atoms with Gasteiger partial charge in [0.15, 0.2) is 0 Å². The fourth-order valence-corrected chi connectivity index (χ4v) is 3.44. The summed E-state index contributed by atoms with van der Waals surface area (Å²) in [6, 6.07) is 9.15. The van der Waals surface area contributed by atoms with Crippen LogP contribution in [0.15, 0.2) is 24.3 Å². The number of nitrogens with zero attached hydrogens (tertiary/aromatic N) is 2. The lowest BCUT2D eigenvalue weighted by Crippen LogP contribution is -2.53. The first-order valence-corrected chi connectivity index (χ1v) is 8.61. The third-order valence-corrected chi connectivity index (χ3v) is 4.55. The second kappa shape index (κ2) is 8.51. The summed E-state index contributed by atoms with van der Waals surface area (Å²) in [4.78, 5) is 5.10. The Balaban J connectivity index is 2.12. The van der Waals surface area contributed by atoms with Gasteiger partial charge in [0.1, 0.15) is 5.75 Å². The molecule has 0 amide bonds. The van der Waals surface area contributed by atoms with E-state index in [-0.39, 0.29) is 6.04 Å². The smallest absolute Gasteiger partial charge is 0.124 e. The van der Waals surface area contributed by atoms with E-state index in [4.69, 9.17) is 10.5 Å². The molecule has 2 N–H and O–H groups in total.